The fourth-order valence-corrected chi connectivity index (χ4v) is 2.91. The van der Waals surface area contributed by atoms with Crippen LogP contribution in [0.4, 0.5) is 5.82 Å². The summed E-state index contributed by atoms with van der Waals surface area (Å²) in [5.41, 5.74) is 0.817. The molecule has 2 unspecified atom stereocenters. The molecule has 1 aliphatic heterocycles. The van der Waals surface area contributed by atoms with E-state index in [1.165, 1.54) is 0 Å². The number of aromatic nitrogens is 2. The molecule has 0 bridgehead atoms. The van der Waals surface area contributed by atoms with Crippen LogP contribution in [-0.2, 0) is 21.5 Å². The van der Waals surface area contributed by atoms with Crippen LogP contribution < -0.4 is 5.32 Å². The van der Waals surface area contributed by atoms with Crippen LogP contribution in [0.2, 0.25) is 0 Å². The van der Waals surface area contributed by atoms with Gasteiger partial charge in [0, 0.05) is 43.8 Å². The van der Waals surface area contributed by atoms with Gasteiger partial charge in [-0.3, -0.25) is 4.90 Å². The second kappa shape index (κ2) is 8.23. The van der Waals surface area contributed by atoms with E-state index in [0.29, 0.717) is 18.7 Å². The molecule has 2 atom stereocenters. The molecule has 0 aromatic carbocycles. The van der Waals surface area contributed by atoms with Crippen LogP contribution in [0.25, 0.3) is 0 Å². The lowest BCUT2D eigenvalue weighted by Gasteiger charge is -2.38. The van der Waals surface area contributed by atoms with Crippen LogP contribution in [0.5, 0.6) is 0 Å². The maximum absolute atomic E-state index is 5.52. The summed E-state index contributed by atoms with van der Waals surface area (Å²) in [6.45, 7) is 14.8. The number of nitrogens with one attached hydrogen (secondary N) is 1. The third kappa shape index (κ3) is 5.13. The van der Waals surface area contributed by atoms with Gasteiger partial charge in [0.05, 0.1) is 25.5 Å². The molecule has 1 saturated heterocycles. The molecule has 0 aliphatic carbocycles. The van der Waals surface area contributed by atoms with Crippen molar-refractivity contribution < 1.29 is 9.47 Å². The Kier molecular flexibility index (Phi) is 6.54. The van der Waals surface area contributed by atoms with Gasteiger partial charge in [0.15, 0.2) is 0 Å². The molecule has 1 aromatic rings. The number of ether oxygens (including phenoxy) is 2. The topological polar surface area (TPSA) is 59.5 Å². The van der Waals surface area contributed by atoms with Crippen molar-refractivity contribution in [1.82, 2.24) is 14.9 Å². The monoisotopic (exact) mass is 336 g/mol. The maximum Gasteiger partial charge on any atom is 0.136 e. The Morgan fingerprint density at radius 2 is 2.17 bits per heavy atom. The molecule has 1 aromatic heterocycles. The van der Waals surface area contributed by atoms with E-state index in [1.807, 2.05) is 6.07 Å². The highest BCUT2D eigenvalue weighted by Gasteiger charge is 2.24. The van der Waals surface area contributed by atoms with Crippen LogP contribution in [-0.4, -0.2) is 60.4 Å². The number of methoxy groups -OCH3 is 1. The predicted molar refractivity (Wildman–Crippen MR) is 96.4 cm³/mol. The van der Waals surface area contributed by atoms with Crippen molar-refractivity contribution in [2.75, 3.05) is 38.7 Å². The van der Waals surface area contributed by atoms with Gasteiger partial charge in [-0.25, -0.2) is 9.97 Å². The average molecular weight is 336 g/mol. The molecule has 6 nitrogen and oxygen atoms in total. The Bertz CT molecular complexity index is 530. The smallest absolute Gasteiger partial charge is 0.136 e. The Balaban J connectivity index is 2.06. The summed E-state index contributed by atoms with van der Waals surface area (Å²) in [5, 5.41) is 3.48. The third-order valence-corrected chi connectivity index (χ3v) is 4.31. The van der Waals surface area contributed by atoms with Gasteiger partial charge in [0.1, 0.15) is 11.6 Å². The van der Waals surface area contributed by atoms with E-state index in [-0.39, 0.29) is 5.41 Å². The highest BCUT2D eigenvalue weighted by molar-refractivity contribution is 5.37. The average Bonchev–Trinajstić information content (AvgIpc) is 2.52. The van der Waals surface area contributed by atoms with E-state index in [9.17, 15) is 0 Å². The molecule has 1 N–H and O–H groups in total. The molecule has 1 fully saturated rings. The van der Waals surface area contributed by atoms with Crippen molar-refractivity contribution in [1.29, 1.82) is 0 Å². The Morgan fingerprint density at radius 3 is 2.79 bits per heavy atom. The predicted octanol–water partition coefficient (Wildman–Crippen LogP) is 2.44. The van der Waals surface area contributed by atoms with Crippen molar-refractivity contribution in [2.45, 2.75) is 58.7 Å². The number of hydrogen-bond acceptors (Lipinski definition) is 6. The number of rotatable bonds is 6. The van der Waals surface area contributed by atoms with Gasteiger partial charge in [-0.2, -0.15) is 0 Å². The van der Waals surface area contributed by atoms with Gasteiger partial charge in [-0.1, -0.05) is 20.8 Å². The first-order valence-corrected chi connectivity index (χ1v) is 8.76. The van der Waals surface area contributed by atoms with Crippen molar-refractivity contribution in [3.8, 4) is 0 Å². The molecule has 0 radical (unpaired) electrons. The summed E-state index contributed by atoms with van der Waals surface area (Å²) in [6.07, 6.45) is 0. The van der Waals surface area contributed by atoms with Crippen LogP contribution in [0.15, 0.2) is 6.07 Å². The fraction of sp³-hybridized carbons (Fsp3) is 0.778. The lowest BCUT2D eigenvalue weighted by molar-refractivity contribution is -0.0159. The highest BCUT2D eigenvalue weighted by Crippen LogP contribution is 2.21. The molecule has 0 saturated carbocycles. The van der Waals surface area contributed by atoms with Crippen LogP contribution in [0.3, 0.4) is 0 Å². The second-order valence-corrected chi connectivity index (χ2v) is 7.64. The van der Waals surface area contributed by atoms with Crippen molar-refractivity contribution in [3.63, 3.8) is 0 Å². The molecular formula is C18H32N4O2. The van der Waals surface area contributed by atoms with Crippen molar-refractivity contribution in [2.24, 2.45) is 0 Å². The van der Waals surface area contributed by atoms with Crippen LogP contribution in [0, 0.1) is 0 Å². The Hall–Kier alpha value is -1.24. The zero-order valence-corrected chi connectivity index (χ0v) is 15.9. The first kappa shape index (κ1) is 19.1. The van der Waals surface area contributed by atoms with E-state index >= 15 is 0 Å². The lowest BCUT2D eigenvalue weighted by atomic mass is 9.95. The van der Waals surface area contributed by atoms with Gasteiger partial charge >= 0.3 is 0 Å². The first-order chi connectivity index (χ1) is 11.3. The normalized spacial score (nSPS) is 20.8. The van der Waals surface area contributed by atoms with Crippen LogP contribution >= 0.6 is 0 Å². The van der Waals surface area contributed by atoms with Crippen molar-refractivity contribution in [3.05, 3.63) is 17.6 Å². The van der Waals surface area contributed by atoms with Gasteiger partial charge < -0.3 is 14.8 Å². The zero-order chi connectivity index (χ0) is 17.7. The maximum atomic E-state index is 5.52. The quantitative estimate of drug-likeness (QED) is 0.861. The second-order valence-electron chi connectivity index (χ2n) is 7.64. The summed E-state index contributed by atoms with van der Waals surface area (Å²) in [6, 6.07) is 2.85. The molecule has 24 heavy (non-hydrogen) atoms. The minimum atomic E-state index is -0.0927. The Morgan fingerprint density at radius 1 is 1.42 bits per heavy atom. The van der Waals surface area contributed by atoms with E-state index in [2.05, 4.69) is 49.8 Å². The minimum Gasteiger partial charge on any atom is -0.379 e. The van der Waals surface area contributed by atoms with E-state index in [0.717, 1.165) is 43.6 Å². The highest BCUT2D eigenvalue weighted by atomic mass is 16.5. The SMILES string of the molecule is COCc1cc(NCC(C)N2CCOCC2C)nc(C(C)(C)C)n1. The van der Waals surface area contributed by atoms with Gasteiger partial charge in [0.2, 0.25) is 0 Å². The third-order valence-electron chi connectivity index (χ3n) is 4.31. The molecule has 1 aliphatic rings. The molecule has 136 valence electrons. The van der Waals surface area contributed by atoms with Gasteiger partial charge in [-0.15, -0.1) is 0 Å². The van der Waals surface area contributed by atoms with E-state index in [4.69, 9.17) is 14.5 Å². The van der Waals surface area contributed by atoms with Crippen LogP contribution in [0.1, 0.15) is 46.1 Å². The largest absolute Gasteiger partial charge is 0.379 e. The lowest BCUT2D eigenvalue weighted by Crippen LogP contribution is -2.50. The summed E-state index contributed by atoms with van der Waals surface area (Å²) in [5.74, 6) is 1.71. The Labute approximate surface area is 146 Å². The summed E-state index contributed by atoms with van der Waals surface area (Å²) < 4.78 is 10.8. The summed E-state index contributed by atoms with van der Waals surface area (Å²) in [7, 11) is 1.69. The standard InChI is InChI=1S/C18H32N4O2/c1-13(22-7-8-24-11-14(22)2)10-19-16-9-15(12-23-6)20-17(21-16)18(3,4)5/h9,13-14H,7-8,10-12H2,1-6H3,(H,19,20,21). The van der Waals surface area contributed by atoms with E-state index < -0.39 is 0 Å². The number of anilines is 1. The molecule has 6 heteroatoms. The first-order valence-electron chi connectivity index (χ1n) is 8.76. The number of hydrogen-bond donors (Lipinski definition) is 1. The summed E-state index contributed by atoms with van der Waals surface area (Å²) >= 11 is 0. The minimum absolute atomic E-state index is 0.0927. The molecule has 2 rings (SSSR count). The fourth-order valence-electron chi connectivity index (χ4n) is 2.91. The van der Waals surface area contributed by atoms with Crippen molar-refractivity contribution >= 4 is 5.82 Å². The zero-order valence-electron chi connectivity index (χ0n) is 15.9. The van der Waals surface area contributed by atoms with Gasteiger partial charge in [-0.05, 0) is 13.8 Å². The summed E-state index contributed by atoms with van der Waals surface area (Å²) in [4.78, 5) is 11.8. The molecule has 2 heterocycles. The molecule has 0 spiro atoms. The van der Waals surface area contributed by atoms with Gasteiger partial charge in [0.25, 0.3) is 0 Å². The molecule has 0 amide bonds. The number of morpholine rings is 1. The van der Waals surface area contributed by atoms with E-state index in [1.54, 1.807) is 7.11 Å². The number of nitrogens with zero attached hydrogens (tertiary/aromatic N) is 3. The molecular weight excluding hydrogens is 304 g/mol.